The largest absolute Gasteiger partial charge is 0.351 e. The lowest BCUT2D eigenvalue weighted by Crippen LogP contribution is -2.30. The van der Waals surface area contributed by atoms with Crippen LogP contribution in [-0.2, 0) is 28.2 Å². The highest BCUT2D eigenvalue weighted by Gasteiger charge is 2.25. The second kappa shape index (κ2) is 11.1. The Morgan fingerprint density at radius 2 is 1.85 bits per heavy atom. The van der Waals surface area contributed by atoms with Gasteiger partial charge in [-0.25, -0.2) is 21.6 Å². The number of amides is 1. The van der Waals surface area contributed by atoms with Gasteiger partial charge in [0.1, 0.15) is 17.5 Å². The van der Waals surface area contributed by atoms with Crippen molar-refractivity contribution in [3.63, 3.8) is 0 Å². The summed E-state index contributed by atoms with van der Waals surface area (Å²) < 4.78 is 73.2. The molecule has 0 unspecified atom stereocenters. The van der Waals surface area contributed by atoms with Crippen LogP contribution in [0.2, 0.25) is 0 Å². The predicted molar refractivity (Wildman–Crippen MR) is 140 cm³/mol. The average Bonchev–Trinajstić information content (AvgIpc) is 3.48. The molecule has 39 heavy (non-hydrogen) atoms. The lowest BCUT2D eigenvalue weighted by molar-refractivity contribution is -0.116. The van der Waals surface area contributed by atoms with Crippen LogP contribution in [0.5, 0.6) is 0 Å². The van der Waals surface area contributed by atoms with E-state index in [1.54, 1.807) is 30.2 Å². The lowest BCUT2D eigenvalue weighted by Gasteiger charge is -2.08. The molecule has 0 atom stereocenters. The van der Waals surface area contributed by atoms with E-state index in [0.29, 0.717) is 17.2 Å². The monoisotopic (exact) mass is 556 g/mol. The van der Waals surface area contributed by atoms with E-state index in [9.17, 15) is 22.0 Å². The van der Waals surface area contributed by atoms with Crippen LogP contribution in [0.25, 0.3) is 22.0 Å². The number of nitrogens with one attached hydrogen (secondary N) is 3. The van der Waals surface area contributed by atoms with Crippen LogP contribution in [0.3, 0.4) is 0 Å². The Morgan fingerprint density at radius 3 is 2.49 bits per heavy atom. The van der Waals surface area contributed by atoms with Gasteiger partial charge in [0, 0.05) is 55.6 Å². The minimum atomic E-state index is -4.21. The van der Waals surface area contributed by atoms with Gasteiger partial charge in [-0.3, -0.25) is 9.48 Å². The van der Waals surface area contributed by atoms with Crippen molar-refractivity contribution in [3.8, 4) is 11.1 Å². The zero-order valence-corrected chi connectivity index (χ0v) is 21.4. The maximum absolute atomic E-state index is 15.0. The summed E-state index contributed by atoms with van der Waals surface area (Å²) in [7, 11) is -2.48. The summed E-state index contributed by atoms with van der Waals surface area (Å²) in [5, 5.41) is 20.3. The Hall–Kier alpha value is -4.52. The van der Waals surface area contributed by atoms with Crippen molar-refractivity contribution in [2.45, 2.75) is 11.4 Å². The van der Waals surface area contributed by atoms with Gasteiger partial charge in [0.05, 0.1) is 39.9 Å². The van der Waals surface area contributed by atoms with E-state index in [2.05, 4.69) is 10.4 Å². The number of benzene rings is 2. The molecular formula is C26H23F3N6O3S. The molecule has 2 aromatic heterocycles. The molecule has 0 aliphatic carbocycles. The number of allylic oxidation sites excluding steroid dienone is 1. The van der Waals surface area contributed by atoms with E-state index in [1.807, 2.05) is 0 Å². The molecule has 13 heteroatoms. The highest BCUT2D eigenvalue weighted by molar-refractivity contribution is 7.91. The first kappa shape index (κ1) is 27.5. The lowest BCUT2D eigenvalue weighted by atomic mass is 10.1. The Morgan fingerprint density at radius 1 is 1.08 bits per heavy atom. The van der Waals surface area contributed by atoms with Crippen LogP contribution < -0.4 is 5.32 Å². The van der Waals surface area contributed by atoms with E-state index in [-0.39, 0.29) is 35.1 Å². The van der Waals surface area contributed by atoms with Gasteiger partial charge >= 0.3 is 0 Å². The molecule has 4 rings (SSSR count). The van der Waals surface area contributed by atoms with Gasteiger partial charge in [0.15, 0.2) is 9.84 Å². The molecule has 0 aliphatic rings. The fraction of sp³-hybridized carbons (Fsp3) is 0.154. The Balaban J connectivity index is 1.65. The molecule has 2 aromatic carbocycles. The summed E-state index contributed by atoms with van der Waals surface area (Å²) in [5.74, 6) is -4.01. The number of carbonyl (C=O) groups excluding carboxylic acids is 1. The smallest absolute Gasteiger partial charge is 0.252 e. The fourth-order valence-electron chi connectivity index (χ4n) is 4.07. The van der Waals surface area contributed by atoms with Crippen molar-refractivity contribution in [2.75, 3.05) is 12.3 Å². The van der Waals surface area contributed by atoms with Crippen molar-refractivity contribution >= 4 is 39.1 Å². The Labute approximate surface area is 221 Å². The van der Waals surface area contributed by atoms with Crippen LogP contribution in [0.1, 0.15) is 5.56 Å². The number of rotatable bonds is 10. The molecule has 202 valence electrons. The molecular weight excluding hydrogens is 533 g/mol. The summed E-state index contributed by atoms with van der Waals surface area (Å²) in [6.07, 6.45) is 7.01. The van der Waals surface area contributed by atoms with Gasteiger partial charge in [-0.2, -0.15) is 5.10 Å². The van der Waals surface area contributed by atoms with E-state index in [4.69, 9.17) is 10.8 Å². The third-order valence-electron chi connectivity index (χ3n) is 5.97. The third kappa shape index (κ3) is 5.82. The standard InChI is InChI=1S/C26H23F3N6O3S/c1-34-13-19(12-33-34)16-2-3-18(21(28)8-16)14-35-15-24(25-22(29)9-20(27)10-23(25)35)39(37,38)7-6-32-26(36)17(11-31)4-5-30/h2-5,8-13,15,30-31H,6-7,14H2,1H3,(H,32,36)/b17-4+,30-5?,31-11?. The maximum Gasteiger partial charge on any atom is 0.252 e. The zero-order chi connectivity index (χ0) is 28.3. The highest BCUT2D eigenvalue weighted by atomic mass is 32.2. The van der Waals surface area contributed by atoms with Crippen molar-refractivity contribution in [3.05, 3.63) is 83.6 Å². The Bertz CT molecular complexity index is 1740. The van der Waals surface area contributed by atoms with Crippen molar-refractivity contribution in [1.82, 2.24) is 19.7 Å². The molecule has 9 nitrogen and oxygen atoms in total. The predicted octanol–water partition coefficient (Wildman–Crippen LogP) is 3.62. The summed E-state index contributed by atoms with van der Waals surface area (Å²) >= 11 is 0. The Kier molecular flexibility index (Phi) is 7.81. The molecule has 3 N–H and O–H groups in total. The first-order valence-corrected chi connectivity index (χ1v) is 13.2. The number of sulfone groups is 1. The minimum Gasteiger partial charge on any atom is -0.351 e. The van der Waals surface area contributed by atoms with Gasteiger partial charge in [0.2, 0.25) is 0 Å². The molecule has 0 aliphatic heterocycles. The second-order valence-corrected chi connectivity index (χ2v) is 10.7. The summed E-state index contributed by atoms with van der Waals surface area (Å²) in [5.41, 5.74) is 1.20. The van der Waals surface area contributed by atoms with Gasteiger partial charge in [0.25, 0.3) is 5.91 Å². The summed E-state index contributed by atoms with van der Waals surface area (Å²) in [6, 6.07) is 6.01. The number of halogens is 3. The average molecular weight is 557 g/mol. The molecule has 0 spiro atoms. The number of hydrogen-bond donors (Lipinski definition) is 3. The molecule has 0 bridgehead atoms. The summed E-state index contributed by atoms with van der Waals surface area (Å²) in [4.78, 5) is 11.6. The fourth-order valence-corrected chi connectivity index (χ4v) is 5.46. The zero-order valence-electron chi connectivity index (χ0n) is 20.6. The number of carbonyl (C=O) groups is 1. The minimum absolute atomic E-state index is 0.0779. The van der Waals surface area contributed by atoms with Crippen molar-refractivity contribution < 1.29 is 26.4 Å². The molecule has 2 heterocycles. The van der Waals surface area contributed by atoms with E-state index in [1.165, 1.54) is 16.7 Å². The van der Waals surface area contributed by atoms with Crippen molar-refractivity contribution in [1.29, 1.82) is 10.8 Å². The molecule has 1 amide bonds. The van der Waals surface area contributed by atoms with E-state index < -0.39 is 43.8 Å². The molecule has 0 fully saturated rings. The van der Waals surface area contributed by atoms with Crippen LogP contribution in [0, 0.1) is 28.3 Å². The first-order valence-electron chi connectivity index (χ1n) is 11.5. The SMILES string of the molecule is Cn1cc(-c2ccc(Cn3cc(S(=O)(=O)CCNC(=O)/C(C=N)=C/C=N)c4c(F)cc(F)cc43)c(F)c2)cn1. The second-order valence-electron chi connectivity index (χ2n) is 8.62. The normalized spacial score (nSPS) is 12.1. The molecule has 0 saturated carbocycles. The van der Waals surface area contributed by atoms with Gasteiger partial charge in [-0.1, -0.05) is 12.1 Å². The maximum atomic E-state index is 15.0. The van der Waals surface area contributed by atoms with Crippen LogP contribution >= 0.6 is 0 Å². The van der Waals surface area contributed by atoms with E-state index in [0.717, 1.165) is 30.8 Å². The highest BCUT2D eigenvalue weighted by Crippen LogP contribution is 2.31. The quantitative estimate of drug-likeness (QED) is 0.203. The number of aryl methyl sites for hydroxylation is 1. The van der Waals surface area contributed by atoms with Gasteiger partial charge in [-0.05, 0) is 23.8 Å². The van der Waals surface area contributed by atoms with Crippen LogP contribution in [-0.4, -0.2) is 53.4 Å². The van der Waals surface area contributed by atoms with Crippen LogP contribution in [0.4, 0.5) is 13.2 Å². The third-order valence-corrected chi connectivity index (χ3v) is 7.69. The van der Waals surface area contributed by atoms with Gasteiger partial charge in [-0.15, -0.1) is 0 Å². The first-order chi connectivity index (χ1) is 18.5. The number of fused-ring (bicyclic) bond motifs is 1. The number of hydrogen-bond acceptors (Lipinski definition) is 6. The molecule has 0 radical (unpaired) electrons. The van der Waals surface area contributed by atoms with E-state index >= 15 is 4.39 Å². The topological polar surface area (TPSA) is 134 Å². The van der Waals surface area contributed by atoms with Gasteiger partial charge < -0.3 is 20.7 Å². The molecule has 0 saturated heterocycles. The van der Waals surface area contributed by atoms with Crippen LogP contribution in [0.15, 0.2) is 65.5 Å². The number of aromatic nitrogens is 3. The molecule has 4 aromatic rings. The van der Waals surface area contributed by atoms with Crippen molar-refractivity contribution in [2.24, 2.45) is 7.05 Å². The summed E-state index contributed by atoms with van der Waals surface area (Å²) in [6.45, 7) is -0.577. The number of nitrogens with zero attached hydrogens (tertiary/aromatic N) is 3.